The van der Waals surface area contributed by atoms with Gasteiger partial charge in [-0.2, -0.15) is 0 Å². The average molecular weight is 260 g/mol. The van der Waals surface area contributed by atoms with Crippen LogP contribution in [-0.2, 0) is 0 Å². The zero-order valence-corrected chi connectivity index (χ0v) is 11.3. The summed E-state index contributed by atoms with van der Waals surface area (Å²) < 4.78 is 18.9. The van der Waals surface area contributed by atoms with Crippen LogP contribution >= 0.6 is 0 Å². The maximum Gasteiger partial charge on any atom is 0.129 e. The second kappa shape index (κ2) is 5.41. The molecule has 100 valence electrons. The number of hydrogen-bond acceptors (Lipinski definition) is 2. The smallest absolute Gasteiger partial charge is 0.129 e. The third kappa shape index (κ3) is 2.76. The van der Waals surface area contributed by atoms with Crippen molar-refractivity contribution in [1.82, 2.24) is 0 Å². The van der Waals surface area contributed by atoms with Crippen LogP contribution in [0.15, 0.2) is 36.4 Å². The van der Waals surface area contributed by atoms with E-state index in [1.54, 1.807) is 31.4 Å². The summed E-state index contributed by atoms with van der Waals surface area (Å²) in [5, 5.41) is 10.3. The molecule has 0 amide bonds. The summed E-state index contributed by atoms with van der Waals surface area (Å²) >= 11 is 0. The number of halogens is 1. The van der Waals surface area contributed by atoms with Crippen molar-refractivity contribution in [2.24, 2.45) is 0 Å². The number of aliphatic hydroxyl groups excluding tert-OH is 1. The second-order valence-electron chi connectivity index (χ2n) is 4.66. The highest BCUT2D eigenvalue weighted by Gasteiger charge is 2.16. The molecule has 0 heterocycles. The SMILES string of the molecule is COc1ccc(C(O)c2cc(C)ccc2F)cc1C. The molecular formula is C16H17FO2. The van der Waals surface area contributed by atoms with Gasteiger partial charge in [-0.15, -0.1) is 0 Å². The Labute approximate surface area is 112 Å². The molecule has 3 heteroatoms. The summed E-state index contributed by atoms with van der Waals surface area (Å²) in [6.45, 7) is 3.76. The number of aryl methyl sites for hydroxylation is 2. The summed E-state index contributed by atoms with van der Waals surface area (Å²) in [6.07, 6.45) is -0.968. The van der Waals surface area contributed by atoms with Crippen molar-refractivity contribution >= 4 is 0 Å². The van der Waals surface area contributed by atoms with E-state index in [1.807, 2.05) is 19.9 Å². The summed E-state index contributed by atoms with van der Waals surface area (Å²) in [6, 6.07) is 10.1. The molecule has 19 heavy (non-hydrogen) atoms. The minimum absolute atomic E-state index is 0.296. The van der Waals surface area contributed by atoms with Crippen molar-refractivity contribution in [2.75, 3.05) is 7.11 Å². The first kappa shape index (κ1) is 13.6. The number of benzene rings is 2. The standard InChI is InChI=1S/C16H17FO2/c1-10-4-6-14(17)13(8-10)16(18)12-5-7-15(19-3)11(2)9-12/h4-9,16,18H,1-3H3. The quantitative estimate of drug-likeness (QED) is 0.914. The fourth-order valence-corrected chi connectivity index (χ4v) is 2.12. The largest absolute Gasteiger partial charge is 0.496 e. The van der Waals surface area contributed by atoms with Crippen LogP contribution in [0.4, 0.5) is 4.39 Å². The summed E-state index contributed by atoms with van der Waals surface area (Å²) in [5.74, 6) is 0.354. The van der Waals surface area contributed by atoms with Gasteiger partial charge in [0.2, 0.25) is 0 Å². The minimum atomic E-state index is -0.968. The molecule has 2 aromatic carbocycles. The summed E-state index contributed by atoms with van der Waals surface area (Å²) in [5.41, 5.74) is 2.78. The number of rotatable bonds is 3. The van der Waals surface area contributed by atoms with E-state index in [9.17, 15) is 9.50 Å². The maximum absolute atomic E-state index is 13.8. The van der Waals surface area contributed by atoms with Crippen molar-refractivity contribution in [3.05, 3.63) is 64.5 Å². The zero-order chi connectivity index (χ0) is 14.0. The van der Waals surface area contributed by atoms with Gasteiger partial charge in [0.1, 0.15) is 17.7 Å². The predicted octanol–water partition coefficient (Wildman–Crippen LogP) is 3.53. The molecule has 0 fully saturated rings. The molecule has 0 bridgehead atoms. The normalized spacial score (nSPS) is 12.3. The molecule has 1 unspecified atom stereocenters. The van der Waals surface area contributed by atoms with E-state index in [-0.39, 0.29) is 0 Å². The molecule has 0 aliphatic carbocycles. The van der Waals surface area contributed by atoms with Crippen molar-refractivity contribution in [3.8, 4) is 5.75 Å². The molecule has 0 spiro atoms. The molecule has 0 saturated carbocycles. The number of methoxy groups -OCH3 is 1. The summed E-state index contributed by atoms with van der Waals surface area (Å²) in [7, 11) is 1.60. The molecule has 1 N–H and O–H groups in total. The zero-order valence-electron chi connectivity index (χ0n) is 11.3. The Bertz CT molecular complexity index is 593. The molecule has 1 atom stereocenters. The third-order valence-corrected chi connectivity index (χ3v) is 3.18. The Kier molecular flexibility index (Phi) is 3.86. The van der Waals surface area contributed by atoms with Crippen LogP contribution < -0.4 is 4.74 Å². The Balaban J connectivity index is 2.41. The van der Waals surface area contributed by atoms with Crippen molar-refractivity contribution in [1.29, 1.82) is 0 Å². The van der Waals surface area contributed by atoms with Crippen LogP contribution in [0.25, 0.3) is 0 Å². The van der Waals surface area contributed by atoms with E-state index in [1.165, 1.54) is 6.07 Å². The third-order valence-electron chi connectivity index (χ3n) is 3.18. The second-order valence-corrected chi connectivity index (χ2v) is 4.66. The van der Waals surface area contributed by atoms with Gasteiger partial charge in [-0.05, 0) is 43.2 Å². The lowest BCUT2D eigenvalue weighted by Gasteiger charge is -2.15. The molecule has 0 aliphatic rings. The lowest BCUT2D eigenvalue weighted by atomic mass is 9.98. The molecule has 0 radical (unpaired) electrons. The highest BCUT2D eigenvalue weighted by molar-refractivity contribution is 5.40. The van der Waals surface area contributed by atoms with Crippen LogP contribution in [0.2, 0.25) is 0 Å². The van der Waals surface area contributed by atoms with Crippen LogP contribution in [0.3, 0.4) is 0 Å². The van der Waals surface area contributed by atoms with E-state index in [0.717, 1.165) is 16.9 Å². The topological polar surface area (TPSA) is 29.5 Å². The Morgan fingerprint density at radius 2 is 1.84 bits per heavy atom. The van der Waals surface area contributed by atoms with Crippen molar-refractivity contribution in [2.45, 2.75) is 20.0 Å². The monoisotopic (exact) mass is 260 g/mol. The lowest BCUT2D eigenvalue weighted by Crippen LogP contribution is -2.03. The average Bonchev–Trinajstić information content (AvgIpc) is 2.40. The Hall–Kier alpha value is -1.87. The lowest BCUT2D eigenvalue weighted by molar-refractivity contribution is 0.214. The van der Waals surface area contributed by atoms with Gasteiger partial charge in [-0.3, -0.25) is 0 Å². The molecule has 2 aromatic rings. The fraction of sp³-hybridized carbons (Fsp3) is 0.250. The van der Waals surface area contributed by atoms with E-state index in [4.69, 9.17) is 4.74 Å². The van der Waals surface area contributed by atoms with E-state index in [0.29, 0.717) is 11.1 Å². The Morgan fingerprint density at radius 3 is 2.47 bits per heavy atom. The first-order chi connectivity index (χ1) is 9.02. The van der Waals surface area contributed by atoms with Crippen molar-refractivity contribution < 1.29 is 14.2 Å². The summed E-state index contributed by atoms with van der Waals surface area (Å²) in [4.78, 5) is 0. The van der Waals surface area contributed by atoms with Gasteiger partial charge < -0.3 is 9.84 Å². The molecular weight excluding hydrogens is 243 g/mol. The van der Waals surface area contributed by atoms with Crippen LogP contribution in [0.5, 0.6) is 5.75 Å². The maximum atomic E-state index is 13.8. The first-order valence-electron chi connectivity index (χ1n) is 6.11. The van der Waals surface area contributed by atoms with Crippen molar-refractivity contribution in [3.63, 3.8) is 0 Å². The number of ether oxygens (including phenoxy) is 1. The first-order valence-corrected chi connectivity index (χ1v) is 6.11. The number of aliphatic hydroxyl groups is 1. The fourth-order valence-electron chi connectivity index (χ4n) is 2.12. The Morgan fingerprint density at radius 1 is 1.11 bits per heavy atom. The molecule has 2 nitrogen and oxygen atoms in total. The highest BCUT2D eigenvalue weighted by atomic mass is 19.1. The van der Waals surface area contributed by atoms with Gasteiger partial charge in [0.25, 0.3) is 0 Å². The van der Waals surface area contributed by atoms with E-state index < -0.39 is 11.9 Å². The van der Waals surface area contributed by atoms with Gasteiger partial charge >= 0.3 is 0 Å². The van der Waals surface area contributed by atoms with Gasteiger partial charge in [-0.25, -0.2) is 4.39 Å². The van der Waals surface area contributed by atoms with Crippen LogP contribution in [0, 0.1) is 19.7 Å². The highest BCUT2D eigenvalue weighted by Crippen LogP contribution is 2.28. The van der Waals surface area contributed by atoms with Gasteiger partial charge in [-0.1, -0.05) is 23.8 Å². The van der Waals surface area contributed by atoms with Gasteiger partial charge in [0, 0.05) is 5.56 Å². The predicted molar refractivity (Wildman–Crippen MR) is 72.9 cm³/mol. The van der Waals surface area contributed by atoms with Crippen LogP contribution in [-0.4, -0.2) is 12.2 Å². The number of hydrogen-bond donors (Lipinski definition) is 1. The minimum Gasteiger partial charge on any atom is -0.496 e. The van der Waals surface area contributed by atoms with E-state index >= 15 is 0 Å². The van der Waals surface area contributed by atoms with Gasteiger partial charge in [0.15, 0.2) is 0 Å². The molecule has 0 aliphatic heterocycles. The van der Waals surface area contributed by atoms with Crippen LogP contribution in [0.1, 0.15) is 28.4 Å². The van der Waals surface area contributed by atoms with E-state index in [2.05, 4.69) is 0 Å². The van der Waals surface area contributed by atoms with Gasteiger partial charge in [0.05, 0.1) is 7.11 Å². The molecule has 0 aromatic heterocycles. The molecule has 2 rings (SSSR count). The molecule has 0 saturated heterocycles.